The van der Waals surface area contributed by atoms with E-state index in [0.717, 1.165) is 24.3 Å². The molecule has 2 rings (SSSR count). The van der Waals surface area contributed by atoms with Crippen molar-refractivity contribution in [3.8, 4) is 5.75 Å². The molecule has 0 radical (unpaired) electrons. The average Bonchev–Trinajstić information content (AvgIpc) is 2.47. The summed E-state index contributed by atoms with van der Waals surface area (Å²) in [4.78, 5) is 10.7. The highest BCUT2D eigenvalue weighted by Gasteiger charge is 2.19. The molecule has 0 saturated carbocycles. The molecule has 0 fully saturated rings. The molecule has 0 aromatic heterocycles. The molecule has 2 aromatic rings. The van der Waals surface area contributed by atoms with Crippen LogP contribution >= 0.6 is 11.6 Å². The molecule has 0 heterocycles. The van der Waals surface area contributed by atoms with Gasteiger partial charge in [-0.2, -0.15) is 0 Å². The summed E-state index contributed by atoms with van der Waals surface area (Å²) in [6.45, 7) is 0. The lowest BCUT2D eigenvalue weighted by atomic mass is 10.2. The summed E-state index contributed by atoms with van der Waals surface area (Å²) in [6, 6.07) is 6.76. The van der Waals surface area contributed by atoms with Gasteiger partial charge in [0.2, 0.25) is 0 Å². The van der Waals surface area contributed by atoms with Gasteiger partial charge in [0.1, 0.15) is 0 Å². The number of benzene rings is 2. The van der Waals surface area contributed by atoms with Crippen LogP contribution in [-0.4, -0.2) is 26.6 Å². The van der Waals surface area contributed by atoms with Crippen LogP contribution < -0.4 is 9.46 Å². The Morgan fingerprint density at radius 2 is 1.96 bits per heavy atom. The third-order valence-corrected chi connectivity index (χ3v) is 4.59. The monoisotopic (exact) mass is 359 g/mol. The van der Waals surface area contributed by atoms with E-state index in [-0.39, 0.29) is 26.9 Å². The van der Waals surface area contributed by atoms with Crippen molar-refractivity contribution in [2.24, 2.45) is 0 Å². The molecular formula is C14H11ClFNO5S. The maximum Gasteiger partial charge on any atom is 0.337 e. The van der Waals surface area contributed by atoms with E-state index < -0.39 is 21.8 Å². The predicted molar refractivity (Wildman–Crippen MR) is 82.2 cm³/mol. The number of hydrogen-bond acceptors (Lipinski definition) is 4. The highest BCUT2D eigenvalue weighted by atomic mass is 35.5. The number of halogens is 2. The number of hydrogen-bond donors (Lipinski definition) is 2. The van der Waals surface area contributed by atoms with Gasteiger partial charge in [0.25, 0.3) is 10.0 Å². The van der Waals surface area contributed by atoms with Gasteiger partial charge in [0.15, 0.2) is 11.6 Å². The second-order valence-corrected chi connectivity index (χ2v) is 6.49. The number of carboxylic acids is 1. The molecule has 0 saturated heterocycles. The maximum atomic E-state index is 13.6. The second-order valence-electron chi connectivity index (χ2n) is 4.40. The molecule has 0 amide bonds. The molecule has 2 aromatic carbocycles. The number of carbonyl (C=O) groups is 1. The Morgan fingerprint density at radius 3 is 2.52 bits per heavy atom. The largest absolute Gasteiger partial charge is 0.494 e. The van der Waals surface area contributed by atoms with Crippen LogP contribution in [0.15, 0.2) is 41.3 Å². The SMILES string of the molecule is COc1ccc(NS(=O)(=O)c2ccc(Cl)c(C(=O)O)c2)cc1F. The van der Waals surface area contributed by atoms with Crippen LogP contribution in [0, 0.1) is 5.82 Å². The summed E-state index contributed by atoms with van der Waals surface area (Å²) >= 11 is 5.70. The number of ether oxygens (including phenoxy) is 1. The molecule has 0 aliphatic rings. The third kappa shape index (κ3) is 3.72. The summed E-state index contributed by atoms with van der Waals surface area (Å²) in [6.07, 6.45) is 0. The molecule has 23 heavy (non-hydrogen) atoms. The van der Waals surface area contributed by atoms with Crippen molar-refractivity contribution in [3.05, 3.63) is 52.8 Å². The lowest BCUT2D eigenvalue weighted by Gasteiger charge is -2.10. The summed E-state index contributed by atoms with van der Waals surface area (Å²) in [5, 5.41) is 8.89. The number of rotatable bonds is 5. The fourth-order valence-electron chi connectivity index (χ4n) is 1.78. The quantitative estimate of drug-likeness (QED) is 0.856. The van der Waals surface area contributed by atoms with Crippen LogP contribution in [0.25, 0.3) is 0 Å². The molecule has 6 nitrogen and oxygen atoms in total. The molecule has 0 bridgehead atoms. The molecule has 0 aliphatic heterocycles. The predicted octanol–water partition coefficient (Wildman–Crippen LogP) is 2.99. The van der Waals surface area contributed by atoms with Gasteiger partial charge in [-0.1, -0.05) is 11.6 Å². The highest BCUT2D eigenvalue weighted by molar-refractivity contribution is 7.92. The molecule has 0 atom stereocenters. The lowest BCUT2D eigenvalue weighted by Crippen LogP contribution is -2.14. The Morgan fingerprint density at radius 1 is 1.26 bits per heavy atom. The number of carboxylic acid groups (broad SMARTS) is 1. The van der Waals surface area contributed by atoms with Gasteiger partial charge >= 0.3 is 5.97 Å². The van der Waals surface area contributed by atoms with Gasteiger partial charge in [0, 0.05) is 6.07 Å². The second kappa shape index (κ2) is 6.43. The molecule has 0 unspecified atom stereocenters. The van der Waals surface area contributed by atoms with Crippen molar-refractivity contribution in [2.75, 3.05) is 11.8 Å². The van der Waals surface area contributed by atoms with Crippen molar-refractivity contribution >= 4 is 33.3 Å². The lowest BCUT2D eigenvalue weighted by molar-refractivity contribution is 0.0697. The van der Waals surface area contributed by atoms with Gasteiger partial charge in [-0.25, -0.2) is 17.6 Å². The number of anilines is 1. The van der Waals surface area contributed by atoms with E-state index in [0.29, 0.717) is 0 Å². The number of aromatic carboxylic acids is 1. The Labute approximate surface area is 136 Å². The molecule has 9 heteroatoms. The standard InChI is InChI=1S/C14H11ClFNO5S/c1-22-13-5-2-8(6-12(13)16)17-23(20,21)9-3-4-11(15)10(7-9)14(18)19/h2-7,17H,1H3,(H,18,19). The maximum absolute atomic E-state index is 13.6. The number of nitrogens with one attached hydrogen (secondary N) is 1. The van der Waals surface area contributed by atoms with Crippen LogP contribution in [0.3, 0.4) is 0 Å². The topological polar surface area (TPSA) is 92.7 Å². The number of sulfonamides is 1. The third-order valence-electron chi connectivity index (χ3n) is 2.88. The first-order valence-corrected chi connectivity index (χ1v) is 8.00. The van der Waals surface area contributed by atoms with Gasteiger partial charge in [-0.3, -0.25) is 4.72 Å². The van der Waals surface area contributed by atoms with Crippen molar-refractivity contribution in [1.82, 2.24) is 0 Å². The normalized spacial score (nSPS) is 11.1. The highest BCUT2D eigenvalue weighted by Crippen LogP contribution is 2.25. The van der Waals surface area contributed by atoms with E-state index in [1.165, 1.54) is 19.2 Å². The Hall–Kier alpha value is -2.32. The number of methoxy groups -OCH3 is 1. The Kier molecular flexibility index (Phi) is 4.76. The molecule has 2 N–H and O–H groups in total. The Balaban J connectivity index is 2.37. The van der Waals surface area contributed by atoms with E-state index >= 15 is 0 Å². The van der Waals surface area contributed by atoms with E-state index in [1.807, 2.05) is 0 Å². The minimum absolute atomic E-state index is 0.0323. The molecule has 122 valence electrons. The summed E-state index contributed by atoms with van der Waals surface area (Å²) in [5.41, 5.74) is -0.384. The zero-order valence-electron chi connectivity index (χ0n) is 11.7. The van der Waals surface area contributed by atoms with Crippen LogP contribution in [0.2, 0.25) is 5.02 Å². The van der Waals surface area contributed by atoms with Gasteiger partial charge in [0.05, 0.1) is 28.3 Å². The van der Waals surface area contributed by atoms with Crippen molar-refractivity contribution in [3.63, 3.8) is 0 Å². The van der Waals surface area contributed by atoms with Crippen molar-refractivity contribution < 1.29 is 27.4 Å². The first-order chi connectivity index (χ1) is 10.7. The smallest absolute Gasteiger partial charge is 0.337 e. The molecule has 0 aliphatic carbocycles. The first kappa shape index (κ1) is 17.0. The minimum atomic E-state index is -4.10. The van der Waals surface area contributed by atoms with Gasteiger partial charge in [-0.05, 0) is 30.3 Å². The van der Waals surface area contributed by atoms with E-state index in [9.17, 15) is 17.6 Å². The van der Waals surface area contributed by atoms with Gasteiger partial charge in [-0.15, -0.1) is 0 Å². The van der Waals surface area contributed by atoms with E-state index in [2.05, 4.69) is 4.72 Å². The fraction of sp³-hybridized carbons (Fsp3) is 0.0714. The van der Waals surface area contributed by atoms with Crippen LogP contribution in [0.1, 0.15) is 10.4 Å². The average molecular weight is 360 g/mol. The summed E-state index contributed by atoms with van der Waals surface area (Å²) in [7, 11) is -2.82. The summed E-state index contributed by atoms with van der Waals surface area (Å²) in [5.74, 6) is -2.13. The van der Waals surface area contributed by atoms with Crippen LogP contribution in [0.5, 0.6) is 5.75 Å². The minimum Gasteiger partial charge on any atom is -0.494 e. The fourth-order valence-corrected chi connectivity index (χ4v) is 3.05. The molecular weight excluding hydrogens is 349 g/mol. The van der Waals surface area contributed by atoms with E-state index in [4.69, 9.17) is 21.4 Å². The summed E-state index contributed by atoms with van der Waals surface area (Å²) < 4.78 is 45.0. The first-order valence-electron chi connectivity index (χ1n) is 6.14. The van der Waals surface area contributed by atoms with Gasteiger partial charge < -0.3 is 9.84 Å². The Bertz CT molecular complexity index is 869. The molecule has 0 spiro atoms. The van der Waals surface area contributed by atoms with E-state index in [1.54, 1.807) is 0 Å². The van der Waals surface area contributed by atoms with Crippen LogP contribution in [-0.2, 0) is 10.0 Å². The van der Waals surface area contributed by atoms with Crippen LogP contribution in [0.4, 0.5) is 10.1 Å². The van der Waals surface area contributed by atoms with Crippen molar-refractivity contribution in [1.29, 1.82) is 0 Å². The zero-order valence-corrected chi connectivity index (χ0v) is 13.3. The van der Waals surface area contributed by atoms with Crippen molar-refractivity contribution in [2.45, 2.75) is 4.90 Å². The zero-order chi connectivity index (χ0) is 17.2.